The van der Waals surface area contributed by atoms with E-state index in [4.69, 9.17) is 4.74 Å². The number of esters is 1. The van der Waals surface area contributed by atoms with E-state index in [1.807, 2.05) is 13.2 Å². The molecule has 23 heavy (non-hydrogen) atoms. The van der Waals surface area contributed by atoms with Crippen LogP contribution in [0.3, 0.4) is 0 Å². The second-order valence-electron chi connectivity index (χ2n) is 5.62. The molecular weight excluding hydrogens is 316 g/mol. The van der Waals surface area contributed by atoms with E-state index >= 15 is 0 Å². The lowest BCUT2D eigenvalue weighted by Gasteiger charge is -2.37. The van der Waals surface area contributed by atoms with E-state index in [0.717, 1.165) is 10.4 Å². The van der Waals surface area contributed by atoms with Crippen LogP contribution < -0.4 is 0 Å². The van der Waals surface area contributed by atoms with Crippen LogP contribution in [0.15, 0.2) is 24.1 Å². The lowest BCUT2D eigenvalue weighted by atomic mass is 9.86. The van der Waals surface area contributed by atoms with Crippen molar-refractivity contribution < 1.29 is 14.3 Å². The summed E-state index contributed by atoms with van der Waals surface area (Å²) in [5, 5.41) is 4.15. The minimum atomic E-state index is -0.380. The highest BCUT2D eigenvalue weighted by Gasteiger charge is 2.40. The Morgan fingerprint density at radius 3 is 2.91 bits per heavy atom. The third-order valence-corrected chi connectivity index (χ3v) is 4.82. The average Bonchev–Trinajstić information content (AvgIpc) is 3.19. The molecule has 0 bridgehead atoms. The van der Waals surface area contributed by atoms with Crippen molar-refractivity contribution in [3.8, 4) is 0 Å². The molecule has 1 fully saturated rings. The summed E-state index contributed by atoms with van der Waals surface area (Å²) in [6.07, 6.45) is 6.07. The predicted molar refractivity (Wildman–Crippen MR) is 83.4 cm³/mol. The number of likely N-dealkylation sites (tertiary alicyclic amines) is 1. The van der Waals surface area contributed by atoms with Crippen LogP contribution in [0.5, 0.6) is 0 Å². The smallest absolute Gasteiger partial charge is 0.311 e. The Labute approximate surface area is 137 Å². The summed E-state index contributed by atoms with van der Waals surface area (Å²) in [4.78, 5) is 31.1. The Kier molecular flexibility index (Phi) is 4.42. The second kappa shape index (κ2) is 6.49. The molecule has 3 heterocycles. The summed E-state index contributed by atoms with van der Waals surface area (Å²) >= 11 is 1.45. The number of carbonyl (C=O) groups is 2. The van der Waals surface area contributed by atoms with Crippen LogP contribution in [0, 0.1) is 5.92 Å². The first-order chi connectivity index (χ1) is 11.1. The van der Waals surface area contributed by atoms with Gasteiger partial charge in [-0.15, -0.1) is 11.3 Å². The van der Waals surface area contributed by atoms with Gasteiger partial charge in [0.25, 0.3) is 0 Å². The summed E-state index contributed by atoms with van der Waals surface area (Å²) in [5.74, 6) is -0.633. The number of thiazole rings is 1. The Hall–Kier alpha value is -2.22. The predicted octanol–water partition coefficient (Wildman–Crippen LogP) is 1.53. The van der Waals surface area contributed by atoms with Gasteiger partial charge in [-0.2, -0.15) is 5.10 Å². The van der Waals surface area contributed by atoms with Crippen LogP contribution in [0.1, 0.15) is 29.3 Å². The lowest BCUT2D eigenvalue weighted by Crippen LogP contribution is -2.43. The monoisotopic (exact) mass is 334 g/mol. The summed E-state index contributed by atoms with van der Waals surface area (Å²) < 4.78 is 7.10. The number of aromatic nitrogens is 3. The highest BCUT2D eigenvalue weighted by atomic mass is 32.1. The van der Waals surface area contributed by atoms with Crippen molar-refractivity contribution in [1.82, 2.24) is 19.7 Å². The molecule has 0 unspecified atom stereocenters. The fourth-order valence-corrected chi connectivity index (χ4v) is 3.40. The van der Waals surface area contributed by atoms with E-state index in [-0.39, 0.29) is 30.4 Å². The molecule has 2 atom stereocenters. The van der Waals surface area contributed by atoms with E-state index in [0.29, 0.717) is 12.8 Å². The number of nitrogens with zero attached hydrogens (tertiary/aromatic N) is 4. The molecule has 1 saturated heterocycles. The molecule has 1 aliphatic rings. The minimum Gasteiger partial charge on any atom is -0.460 e. The van der Waals surface area contributed by atoms with Crippen molar-refractivity contribution in [1.29, 1.82) is 0 Å². The van der Waals surface area contributed by atoms with Crippen molar-refractivity contribution >= 4 is 23.2 Å². The zero-order chi connectivity index (χ0) is 16.4. The Morgan fingerprint density at radius 1 is 1.43 bits per heavy atom. The summed E-state index contributed by atoms with van der Waals surface area (Å²) in [7, 11) is 3.54. The number of hydrogen-bond acceptors (Lipinski definition) is 6. The zero-order valence-electron chi connectivity index (χ0n) is 13.0. The third-order valence-electron chi connectivity index (χ3n) is 4.07. The van der Waals surface area contributed by atoms with Gasteiger partial charge in [-0.3, -0.25) is 19.3 Å². The fraction of sp³-hybridized carbons (Fsp3) is 0.467. The van der Waals surface area contributed by atoms with Crippen LogP contribution in [-0.2, 0) is 28.0 Å². The van der Waals surface area contributed by atoms with Gasteiger partial charge in [0.1, 0.15) is 6.61 Å². The number of carbonyl (C=O) groups excluding carboxylic acids is 2. The number of hydrogen-bond donors (Lipinski definition) is 0. The highest BCUT2D eigenvalue weighted by Crippen LogP contribution is 2.36. The molecule has 0 spiro atoms. The molecule has 0 aromatic carbocycles. The third kappa shape index (κ3) is 3.26. The van der Waals surface area contributed by atoms with Crippen molar-refractivity contribution in [2.45, 2.75) is 25.5 Å². The van der Waals surface area contributed by atoms with E-state index in [1.54, 1.807) is 34.5 Å². The second-order valence-corrected chi connectivity index (χ2v) is 6.59. The first-order valence-corrected chi connectivity index (χ1v) is 8.22. The van der Waals surface area contributed by atoms with Crippen LogP contribution in [0.2, 0.25) is 0 Å². The van der Waals surface area contributed by atoms with Gasteiger partial charge in [-0.1, -0.05) is 0 Å². The molecule has 122 valence electrons. The largest absolute Gasteiger partial charge is 0.460 e. The van der Waals surface area contributed by atoms with Crippen molar-refractivity contribution in [2.24, 2.45) is 13.0 Å². The molecule has 2 aromatic rings. The normalized spacial score (nSPS) is 21.5. The molecule has 1 amide bonds. The first-order valence-electron chi connectivity index (χ1n) is 7.34. The standard InChI is InChI=1S/C15H18N4O3S/c1-18-7-10(5-17-18)14-12(3-4-13(20)19(14)2)15(21)22-8-11-6-16-9-23-11/h5-7,9,12,14H,3-4,8H2,1-2H3/t12-,14-/m1/s1. The van der Waals surface area contributed by atoms with Crippen LogP contribution in [0.25, 0.3) is 0 Å². The Morgan fingerprint density at radius 2 is 2.26 bits per heavy atom. The Bertz CT molecular complexity index is 697. The van der Waals surface area contributed by atoms with Gasteiger partial charge in [0, 0.05) is 38.5 Å². The molecule has 0 aliphatic carbocycles. The average molecular weight is 334 g/mol. The quantitative estimate of drug-likeness (QED) is 0.793. The van der Waals surface area contributed by atoms with E-state index < -0.39 is 0 Å². The van der Waals surface area contributed by atoms with Gasteiger partial charge in [-0.25, -0.2) is 0 Å². The van der Waals surface area contributed by atoms with Crippen LogP contribution in [0.4, 0.5) is 0 Å². The number of rotatable bonds is 4. The summed E-state index contributed by atoms with van der Waals surface area (Å²) in [5.41, 5.74) is 2.55. The van der Waals surface area contributed by atoms with E-state index in [2.05, 4.69) is 10.1 Å². The molecule has 7 nitrogen and oxygen atoms in total. The first kappa shape index (κ1) is 15.7. The topological polar surface area (TPSA) is 77.3 Å². The maximum Gasteiger partial charge on any atom is 0.311 e. The van der Waals surface area contributed by atoms with Gasteiger partial charge in [0.05, 0.1) is 28.5 Å². The fourth-order valence-electron chi connectivity index (χ4n) is 2.90. The molecule has 2 aromatic heterocycles. The molecule has 0 N–H and O–H groups in total. The molecule has 1 aliphatic heterocycles. The van der Waals surface area contributed by atoms with Gasteiger partial charge in [-0.05, 0) is 6.42 Å². The molecule has 0 saturated carbocycles. The van der Waals surface area contributed by atoms with Crippen molar-refractivity contribution in [3.63, 3.8) is 0 Å². The zero-order valence-corrected chi connectivity index (χ0v) is 13.8. The van der Waals surface area contributed by atoms with Gasteiger partial charge < -0.3 is 9.64 Å². The highest BCUT2D eigenvalue weighted by molar-refractivity contribution is 7.09. The summed E-state index contributed by atoms with van der Waals surface area (Å²) in [6.45, 7) is 0.220. The van der Waals surface area contributed by atoms with Crippen molar-refractivity contribution in [3.05, 3.63) is 34.5 Å². The summed E-state index contributed by atoms with van der Waals surface area (Å²) in [6, 6.07) is -0.334. The molecule has 3 rings (SSSR count). The van der Waals surface area contributed by atoms with E-state index in [1.165, 1.54) is 11.3 Å². The SMILES string of the molecule is CN1C(=O)CC[C@@H](C(=O)OCc2cncs2)[C@H]1c1cnn(C)c1. The minimum absolute atomic E-state index is 0.0327. The number of piperidine rings is 1. The van der Waals surface area contributed by atoms with Gasteiger partial charge in [0.2, 0.25) is 5.91 Å². The lowest BCUT2D eigenvalue weighted by molar-refractivity contribution is -0.157. The molecule has 8 heteroatoms. The van der Waals surface area contributed by atoms with Gasteiger partial charge >= 0.3 is 5.97 Å². The number of ether oxygens (including phenoxy) is 1. The molecule has 0 radical (unpaired) electrons. The number of amides is 1. The van der Waals surface area contributed by atoms with Crippen molar-refractivity contribution in [2.75, 3.05) is 7.05 Å². The maximum atomic E-state index is 12.5. The van der Waals surface area contributed by atoms with Crippen LogP contribution >= 0.6 is 11.3 Å². The molecular formula is C15H18N4O3S. The van der Waals surface area contributed by atoms with Gasteiger partial charge in [0.15, 0.2) is 0 Å². The number of aryl methyl sites for hydroxylation is 1. The maximum absolute atomic E-state index is 12.5. The van der Waals surface area contributed by atoms with E-state index in [9.17, 15) is 9.59 Å². The van der Waals surface area contributed by atoms with Crippen LogP contribution in [-0.4, -0.2) is 38.6 Å². The Balaban J connectivity index is 1.77.